The molecule has 0 bridgehead atoms. The molecule has 0 aliphatic heterocycles. The lowest BCUT2D eigenvalue weighted by Crippen LogP contribution is -2.32. The zero-order valence-corrected chi connectivity index (χ0v) is 13.1. The van der Waals surface area contributed by atoms with Gasteiger partial charge in [0.25, 0.3) is 0 Å². The Kier molecular flexibility index (Phi) is 4.11. The Hall–Kier alpha value is -3.40. The van der Waals surface area contributed by atoms with E-state index in [9.17, 15) is 25.3 Å². The molecule has 7 nitrogen and oxygen atoms in total. The minimum Gasteiger partial charge on any atom is -0.501 e. The first-order valence-corrected chi connectivity index (χ1v) is 7.67. The van der Waals surface area contributed by atoms with Crippen molar-refractivity contribution >= 4 is 11.7 Å². The fourth-order valence-corrected chi connectivity index (χ4v) is 2.84. The molecule has 1 aliphatic carbocycles. The monoisotopic (exact) mass is 338 g/mol. The van der Waals surface area contributed by atoms with Crippen LogP contribution in [0.25, 0.3) is 0 Å². The van der Waals surface area contributed by atoms with Crippen molar-refractivity contribution in [3.8, 4) is 17.6 Å². The molecule has 1 fully saturated rings. The summed E-state index contributed by atoms with van der Waals surface area (Å²) in [4.78, 5) is 22.9. The Labute approximate surface area is 143 Å². The van der Waals surface area contributed by atoms with E-state index >= 15 is 0 Å². The summed E-state index contributed by atoms with van der Waals surface area (Å²) in [6, 6.07) is 12.8. The Morgan fingerprint density at radius 3 is 2.48 bits per heavy atom. The van der Waals surface area contributed by atoms with Gasteiger partial charge in [0.15, 0.2) is 0 Å². The molecule has 0 spiro atoms. The molecule has 0 unspecified atom stereocenters. The Bertz CT molecular complexity index is 882. The molecule has 0 amide bonds. The molecule has 126 valence electrons. The topological polar surface area (TPSA) is 113 Å². The highest BCUT2D eigenvalue weighted by Crippen LogP contribution is 2.46. The third kappa shape index (κ3) is 2.90. The van der Waals surface area contributed by atoms with Crippen molar-refractivity contribution in [3.63, 3.8) is 0 Å². The normalized spacial score (nSPS) is 14.8. The lowest BCUT2D eigenvalue weighted by atomic mass is 9.65. The zero-order chi connectivity index (χ0) is 18.0. The number of ether oxygens (including phenoxy) is 1. The molecule has 1 saturated carbocycles. The fraction of sp³-hybridized carbons (Fsp3) is 0.222. The van der Waals surface area contributed by atoms with Crippen LogP contribution >= 0.6 is 0 Å². The van der Waals surface area contributed by atoms with Gasteiger partial charge in [-0.25, -0.2) is 4.79 Å². The molecule has 0 saturated heterocycles. The lowest BCUT2D eigenvalue weighted by molar-refractivity contribution is -0.386. The molecule has 2 aromatic rings. The van der Waals surface area contributed by atoms with Crippen LogP contribution in [0.3, 0.4) is 0 Å². The summed E-state index contributed by atoms with van der Waals surface area (Å²) in [5.41, 5.74) is -1.44. The van der Waals surface area contributed by atoms with E-state index in [2.05, 4.69) is 6.07 Å². The maximum atomic E-state index is 12.4. The standard InChI is InChI=1S/C18H14N2O5/c19-11-18(7-4-8-18)12-9-14(16(21)15(10-12)20(23)24)17(22)25-13-5-2-1-3-6-13/h1-3,5-6,9-10,21H,4,7-8H2. The van der Waals surface area contributed by atoms with Crippen LogP contribution in [0.5, 0.6) is 11.5 Å². The minimum absolute atomic E-state index is 0.249. The number of aromatic hydroxyl groups is 1. The number of hydrogen-bond acceptors (Lipinski definition) is 6. The van der Waals surface area contributed by atoms with Gasteiger partial charge in [-0.1, -0.05) is 18.2 Å². The third-order valence-corrected chi connectivity index (χ3v) is 4.43. The van der Waals surface area contributed by atoms with Gasteiger partial charge in [0, 0.05) is 6.07 Å². The van der Waals surface area contributed by atoms with Crippen LogP contribution in [0.15, 0.2) is 42.5 Å². The first-order valence-electron chi connectivity index (χ1n) is 7.67. The van der Waals surface area contributed by atoms with E-state index in [1.807, 2.05) is 0 Å². The minimum atomic E-state index is -0.916. The van der Waals surface area contributed by atoms with Gasteiger partial charge in [-0.05, 0) is 43.0 Å². The van der Waals surface area contributed by atoms with E-state index in [0.29, 0.717) is 18.4 Å². The summed E-state index contributed by atoms with van der Waals surface area (Å²) >= 11 is 0. The maximum absolute atomic E-state index is 12.4. The molecular formula is C18H14N2O5. The van der Waals surface area contributed by atoms with Crippen molar-refractivity contribution in [2.75, 3.05) is 0 Å². The SMILES string of the molecule is N#CC1(c2cc(C(=O)Oc3ccccc3)c(O)c([N+](=O)[O-])c2)CCC1. The van der Waals surface area contributed by atoms with Crippen molar-refractivity contribution in [3.05, 3.63) is 63.7 Å². The van der Waals surface area contributed by atoms with Gasteiger partial charge in [0.1, 0.15) is 11.3 Å². The molecule has 0 heterocycles. The summed E-state index contributed by atoms with van der Waals surface area (Å²) in [6.45, 7) is 0. The van der Waals surface area contributed by atoms with Crippen LogP contribution in [-0.2, 0) is 5.41 Å². The number of nitro benzene ring substituents is 1. The average molecular weight is 338 g/mol. The first kappa shape index (κ1) is 16.5. The van der Waals surface area contributed by atoms with Crippen molar-refractivity contribution in [2.24, 2.45) is 0 Å². The van der Waals surface area contributed by atoms with Crippen molar-refractivity contribution < 1.29 is 19.6 Å². The van der Waals surface area contributed by atoms with Crippen LogP contribution in [-0.4, -0.2) is 16.0 Å². The number of rotatable bonds is 4. The second-order valence-electron chi connectivity index (χ2n) is 5.90. The number of carbonyl (C=O) groups excluding carboxylic acids is 1. The molecule has 2 aromatic carbocycles. The molecule has 0 radical (unpaired) electrons. The first-order chi connectivity index (χ1) is 12.0. The van der Waals surface area contributed by atoms with Crippen molar-refractivity contribution in [1.82, 2.24) is 0 Å². The van der Waals surface area contributed by atoms with E-state index in [0.717, 1.165) is 12.5 Å². The summed E-state index contributed by atoms with van der Waals surface area (Å²) in [7, 11) is 0. The number of carbonyl (C=O) groups is 1. The highest BCUT2D eigenvalue weighted by atomic mass is 16.6. The molecule has 25 heavy (non-hydrogen) atoms. The Morgan fingerprint density at radius 2 is 1.96 bits per heavy atom. The predicted octanol–water partition coefficient (Wildman–Crippen LogP) is 3.46. The summed E-state index contributed by atoms with van der Waals surface area (Å²) < 4.78 is 5.16. The number of nitro groups is 1. The van der Waals surface area contributed by atoms with Crippen molar-refractivity contribution in [1.29, 1.82) is 5.26 Å². The number of esters is 1. The average Bonchev–Trinajstić information content (AvgIpc) is 2.56. The van der Waals surface area contributed by atoms with E-state index in [1.165, 1.54) is 6.07 Å². The highest BCUT2D eigenvalue weighted by molar-refractivity contribution is 5.95. The van der Waals surface area contributed by atoms with Crippen LogP contribution in [0.1, 0.15) is 35.2 Å². The quantitative estimate of drug-likeness (QED) is 0.395. The second-order valence-corrected chi connectivity index (χ2v) is 5.90. The fourth-order valence-electron chi connectivity index (χ4n) is 2.84. The largest absolute Gasteiger partial charge is 0.501 e. The van der Waals surface area contributed by atoms with Crippen LogP contribution < -0.4 is 4.74 Å². The molecule has 0 aromatic heterocycles. The molecule has 1 aliphatic rings. The maximum Gasteiger partial charge on any atom is 0.347 e. The number of phenols is 1. The number of phenolic OH excluding ortho intramolecular Hbond substituents is 1. The molecule has 3 rings (SSSR count). The zero-order valence-electron chi connectivity index (χ0n) is 13.1. The van der Waals surface area contributed by atoms with E-state index < -0.39 is 27.7 Å². The Morgan fingerprint density at radius 1 is 1.28 bits per heavy atom. The number of benzene rings is 2. The van der Waals surface area contributed by atoms with E-state index in [4.69, 9.17) is 4.74 Å². The summed E-state index contributed by atoms with van der Waals surface area (Å²) in [6.07, 6.45) is 1.93. The van der Waals surface area contributed by atoms with Gasteiger partial charge in [-0.2, -0.15) is 5.26 Å². The molecule has 1 N–H and O–H groups in total. The van der Waals surface area contributed by atoms with Gasteiger partial charge >= 0.3 is 11.7 Å². The number of nitrogens with zero attached hydrogens (tertiary/aromatic N) is 2. The summed E-state index contributed by atoms with van der Waals surface area (Å²) in [5, 5.41) is 30.8. The second kappa shape index (κ2) is 6.24. The number of para-hydroxylation sites is 1. The predicted molar refractivity (Wildman–Crippen MR) is 87.3 cm³/mol. The molecule has 7 heteroatoms. The smallest absolute Gasteiger partial charge is 0.347 e. The van der Waals surface area contributed by atoms with Crippen LogP contribution in [0.4, 0.5) is 5.69 Å². The number of nitriles is 1. The van der Waals surface area contributed by atoms with E-state index in [1.54, 1.807) is 30.3 Å². The number of hydrogen-bond donors (Lipinski definition) is 1. The lowest BCUT2D eigenvalue weighted by Gasteiger charge is -2.35. The van der Waals surface area contributed by atoms with Gasteiger partial charge in [0.2, 0.25) is 5.75 Å². The Balaban J connectivity index is 2.06. The summed E-state index contributed by atoms with van der Waals surface area (Å²) in [5.74, 6) is -1.43. The van der Waals surface area contributed by atoms with Gasteiger partial charge in [0.05, 0.1) is 16.4 Å². The van der Waals surface area contributed by atoms with Gasteiger partial charge in [-0.15, -0.1) is 0 Å². The van der Waals surface area contributed by atoms with Gasteiger partial charge < -0.3 is 9.84 Å². The van der Waals surface area contributed by atoms with Crippen LogP contribution in [0, 0.1) is 21.4 Å². The molecular weight excluding hydrogens is 324 g/mol. The van der Waals surface area contributed by atoms with E-state index in [-0.39, 0.29) is 11.3 Å². The third-order valence-electron chi connectivity index (χ3n) is 4.43. The highest BCUT2D eigenvalue weighted by Gasteiger charge is 2.41. The van der Waals surface area contributed by atoms with Crippen molar-refractivity contribution in [2.45, 2.75) is 24.7 Å². The molecule has 0 atom stereocenters. The van der Waals surface area contributed by atoms with Crippen LogP contribution in [0.2, 0.25) is 0 Å². The van der Waals surface area contributed by atoms with Gasteiger partial charge in [-0.3, -0.25) is 10.1 Å².